The van der Waals surface area contributed by atoms with Crippen molar-refractivity contribution in [2.45, 2.75) is 19.1 Å². The van der Waals surface area contributed by atoms with Crippen molar-refractivity contribution >= 4 is 23.1 Å². The Morgan fingerprint density at radius 2 is 2.06 bits per heavy atom. The van der Waals surface area contributed by atoms with E-state index in [1.54, 1.807) is 11.3 Å². The van der Waals surface area contributed by atoms with Crippen molar-refractivity contribution in [3.63, 3.8) is 0 Å². The van der Waals surface area contributed by atoms with Crippen LogP contribution in [0.15, 0.2) is 35.7 Å². The van der Waals surface area contributed by atoms with Crippen LogP contribution < -0.4 is 0 Å². The van der Waals surface area contributed by atoms with E-state index in [0.29, 0.717) is 0 Å². The van der Waals surface area contributed by atoms with E-state index in [9.17, 15) is 0 Å². The van der Waals surface area contributed by atoms with Gasteiger partial charge in [-0.1, -0.05) is 37.3 Å². The van der Waals surface area contributed by atoms with E-state index < -0.39 is 0 Å². The molecule has 2 rings (SSSR count). The highest BCUT2D eigenvalue weighted by molar-refractivity contribution is 7.98. The summed E-state index contributed by atoms with van der Waals surface area (Å²) >= 11 is 3.73. The maximum Gasteiger partial charge on any atom is 0.103 e. The average molecular weight is 249 g/mol. The van der Waals surface area contributed by atoms with Crippen LogP contribution >= 0.6 is 23.1 Å². The first-order valence-electron chi connectivity index (χ1n) is 5.47. The molecule has 1 aromatic heterocycles. The number of aromatic nitrogens is 1. The molecule has 16 heavy (non-hydrogen) atoms. The Hall–Kier alpha value is -0.800. The van der Waals surface area contributed by atoms with Crippen molar-refractivity contribution in [1.82, 2.24) is 4.98 Å². The summed E-state index contributed by atoms with van der Waals surface area (Å²) in [6.45, 7) is 2.21. The van der Waals surface area contributed by atoms with Gasteiger partial charge in [0.2, 0.25) is 0 Å². The zero-order valence-corrected chi connectivity index (χ0v) is 11.0. The van der Waals surface area contributed by atoms with Crippen molar-refractivity contribution in [3.8, 4) is 11.3 Å². The summed E-state index contributed by atoms with van der Waals surface area (Å²) in [5.41, 5.74) is 2.32. The van der Waals surface area contributed by atoms with E-state index in [1.807, 2.05) is 17.8 Å². The fourth-order valence-electron chi connectivity index (χ4n) is 1.42. The smallest absolute Gasteiger partial charge is 0.103 e. The summed E-state index contributed by atoms with van der Waals surface area (Å²) < 4.78 is 0. The Balaban J connectivity index is 2.02. The van der Waals surface area contributed by atoms with E-state index >= 15 is 0 Å². The van der Waals surface area contributed by atoms with Gasteiger partial charge in [-0.05, 0) is 12.2 Å². The molecule has 0 aliphatic rings. The lowest BCUT2D eigenvalue weighted by Gasteiger charge is -1.95. The number of rotatable bonds is 5. The Labute approximate surface area is 105 Å². The molecule has 2 aromatic rings. The van der Waals surface area contributed by atoms with Crippen LogP contribution in [0.25, 0.3) is 11.3 Å². The molecule has 0 bridgehead atoms. The molecule has 0 amide bonds. The van der Waals surface area contributed by atoms with Crippen LogP contribution in [0.5, 0.6) is 0 Å². The van der Waals surface area contributed by atoms with Crippen molar-refractivity contribution < 1.29 is 0 Å². The topological polar surface area (TPSA) is 12.9 Å². The minimum absolute atomic E-state index is 1.05. The van der Waals surface area contributed by atoms with Gasteiger partial charge in [-0.3, -0.25) is 0 Å². The van der Waals surface area contributed by atoms with Gasteiger partial charge in [-0.2, -0.15) is 11.8 Å². The second kappa shape index (κ2) is 6.06. The summed E-state index contributed by atoms with van der Waals surface area (Å²) in [6, 6.07) is 10.4. The number of nitrogens with zero attached hydrogens (tertiary/aromatic N) is 1. The summed E-state index contributed by atoms with van der Waals surface area (Å²) in [4.78, 5) is 4.65. The van der Waals surface area contributed by atoms with Gasteiger partial charge in [0.1, 0.15) is 5.01 Å². The molecule has 0 fully saturated rings. The van der Waals surface area contributed by atoms with Gasteiger partial charge in [-0.25, -0.2) is 4.98 Å². The van der Waals surface area contributed by atoms with Gasteiger partial charge in [0.25, 0.3) is 0 Å². The zero-order chi connectivity index (χ0) is 11.2. The third-order valence-corrected chi connectivity index (χ3v) is 4.40. The predicted molar refractivity (Wildman–Crippen MR) is 74.0 cm³/mol. The van der Waals surface area contributed by atoms with Crippen LogP contribution in [-0.4, -0.2) is 10.7 Å². The molecule has 0 aliphatic carbocycles. The lowest BCUT2D eigenvalue weighted by atomic mass is 10.2. The van der Waals surface area contributed by atoms with Gasteiger partial charge in [0.05, 0.1) is 5.69 Å². The Kier molecular flexibility index (Phi) is 4.43. The van der Waals surface area contributed by atoms with Crippen LogP contribution in [0.2, 0.25) is 0 Å². The largest absolute Gasteiger partial charge is 0.240 e. The molecule has 0 spiro atoms. The predicted octanol–water partition coefficient (Wildman–Crippen LogP) is 4.45. The van der Waals surface area contributed by atoms with E-state index in [4.69, 9.17) is 0 Å². The monoisotopic (exact) mass is 249 g/mol. The van der Waals surface area contributed by atoms with E-state index in [1.165, 1.54) is 22.7 Å². The van der Waals surface area contributed by atoms with Crippen molar-refractivity contribution in [2.24, 2.45) is 0 Å². The fraction of sp³-hybridized carbons (Fsp3) is 0.308. The molecule has 0 atom stereocenters. The second-order valence-corrected chi connectivity index (χ2v) is 5.59. The quantitative estimate of drug-likeness (QED) is 0.726. The number of thioether (sulfide) groups is 1. The van der Waals surface area contributed by atoms with Gasteiger partial charge in [0.15, 0.2) is 0 Å². The van der Waals surface area contributed by atoms with Crippen LogP contribution in [0.3, 0.4) is 0 Å². The number of hydrogen-bond acceptors (Lipinski definition) is 3. The first-order chi connectivity index (χ1) is 7.90. The minimum atomic E-state index is 1.05. The van der Waals surface area contributed by atoms with Crippen LogP contribution in [0.1, 0.15) is 18.4 Å². The Morgan fingerprint density at radius 3 is 2.81 bits per heavy atom. The molecule has 0 unspecified atom stereocenters. The number of benzene rings is 1. The third-order valence-electron chi connectivity index (χ3n) is 2.20. The maximum atomic E-state index is 4.65. The molecule has 0 N–H and O–H groups in total. The van der Waals surface area contributed by atoms with Crippen LogP contribution in [0, 0.1) is 0 Å². The van der Waals surface area contributed by atoms with Crippen molar-refractivity contribution in [1.29, 1.82) is 0 Å². The molecule has 1 nitrogen and oxygen atoms in total. The highest BCUT2D eigenvalue weighted by Gasteiger charge is 2.03. The molecule has 1 heterocycles. The summed E-state index contributed by atoms with van der Waals surface area (Å²) in [5, 5.41) is 3.38. The SMILES string of the molecule is CCCSCc1nc(-c2ccccc2)cs1. The highest BCUT2D eigenvalue weighted by Crippen LogP contribution is 2.24. The van der Waals surface area contributed by atoms with E-state index in [-0.39, 0.29) is 0 Å². The summed E-state index contributed by atoms with van der Waals surface area (Å²) in [7, 11) is 0. The number of hydrogen-bond donors (Lipinski definition) is 0. The van der Waals surface area contributed by atoms with Crippen LogP contribution in [-0.2, 0) is 5.75 Å². The van der Waals surface area contributed by atoms with Gasteiger partial charge < -0.3 is 0 Å². The lowest BCUT2D eigenvalue weighted by molar-refractivity contribution is 1.10. The molecule has 0 radical (unpaired) electrons. The standard InChI is InChI=1S/C13H15NS2/c1-2-8-15-10-13-14-12(9-16-13)11-6-4-3-5-7-11/h3-7,9H,2,8,10H2,1H3. The minimum Gasteiger partial charge on any atom is -0.240 e. The fourth-order valence-corrected chi connectivity index (χ4v) is 3.20. The molecule has 3 heteroatoms. The summed E-state index contributed by atoms with van der Waals surface area (Å²) in [6.07, 6.45) is 1.24. The second-order valence-electron chi connectivity index (χ2n) is 3.55. The lowest BCUT2D eigenvalue weighted by Crippen LogP contribution is -1.82. The molecule has 0 saturated heterocycles. The zero-order valence-electron chi connectivity index (χ0n) is 9.35. The Bertz CT molecular complexity index is 423. The Morgan fingerprint density at radius 1 is 1.25 bits per heavy atom. The normalized spacial score (nSPS) is 10.6. The molecular weight excluding hydrogens is 234 g/mol. The number of thiazole rings is 1. The average Bonchev–Trinajstić information content (AvgIpc) is 2.79. The van der Waals surface area contributed by atoms with Gasteiger partial charge >= 0.3 is 0 Å². The first kappa shape index (κ1) is 11.7. The maximum absolute atomic E-state index is 4.65. The summed E-state index contributed by atoms with van der Waals surface area (Å²) in [5.74, 6) is 2.27. The van der Waals surface area contributed by atoms with Crippen molar-refractivity contribution in [2.75, 3.05) is 5.75 Å². The van der Waals surface area contributed by atoms with Gasteiger partial charge in [0, 0.05) is 16.7 Å². The molecule has 0 saturated carbocycles. The molecule has 1 aromatic carbocycles. The van der Waals surface area contributed by atoms with Crippen LogP contribution in [0.4, 0.5) is 0 Å². The molecule has 0 aliphatic heterocycles. The van der Waals surface area contributed by atoms with Gasteiger partial charge in [-0.15, -0.1) is 11.3 Å². The van der Waals surface area contributed by atoms with Crippen molar-refractivity contribution in [3.05, 3.63) is 40.7 Å². The first-order valence-corrected chi connectivity index (χ1v) is 7.51. The molecule has 84 valence electrons. The van der Waals surface area contributed by atoms with E-state index in [2.05, 4.69) is 41.6 Å². The highest BCUT2D eigenvalue weighted by atomic mass is 32.2. The van der Waals surface area contributed by atoms with E-state index in [0.717, 1.165) is 11.4 Å². The molecular formula is C13H15NS2. The third kappa shape index (κ3) is 3.09.